The highest BCUT2D eigenvalue weighted by Gasteiger charge is 2.09. The maximum absolute atomic E-state index is 11.7. The van der Waals surface area contributed by atoms with Crippen LogP contribution in [-0.2, 0) is 0 Å². The number of nitrogens with zero attached hydrogens (tertiary/aromatic N) is 2. The number of anilines is 2. The van der Waals surface area contributed by atoms with Gasteiger partial charge in [-0.25, -0.2) is 10.2 Å². The van der Waals surface area contributed by atoms with Crippen molar-refractivity contribution in [1.82, 2.24) is 5.43 Å². The van der Waals surface area contributed by atoms with Crippen LogP contribution in [-0.4, -0.2) is 26.3 Å². The highest BCUT2D eigenvalue weighted by molar-refractivity contribution is 9.10. The van der Waals surface area contributed by atoms with Crippen LogP contribution in [0.4, 0.5) is 16.4 Å². The molecular formula is C14H14Br2N4O2. The fourth-order valence-electron chi connectivity index (χ4n) is 1.59. The first kappa shape index (κ1) is 16.6. The van der Waals surface area contributed by atoms with E-state index in [1.165, 1.54) is 6.21 Å². The summed E-state index contributed by atoms with van der Waals surface area (Å²) >= 11 is 6.72. The number of halogens is 2. The van der Waals surface area contributed by atoms with E-state index >= 15 is 0 Å². The van der Waals surface area contributed by atoms with Gasteiger partial charge in [-0.05, 0) is 40.2 Å². The van der Waals surface area contributed by atoms with Crippen LogP contribution in [0.1, 0.15) is 5.76 Å². The molecular weight excluding hydrogens is 416 g/mol. The number of hydrazone groups is 1. The third-order valence-corrected chi connectivity index (χ3v) is 3.65. The molecule has 2 amide bonds. The topological polar surface area (TPSA) is 69.9 Å². The molecule has 1 heterocycles. The molecule has 0 aliphatic carbocycles. The van der Waals surface area contributed by atoms with Gasteiger partial charge < -0.3 is 14.6 Å². The van der Waals surface area contributed by atoms with Crippen LogP contribution in [0.5, 0.6) is 0 Å². The molecule has 0 bridgehead atoms. The average Bonchev–Trinajstić information content (AvgIpc) is 2.83. The monoisotopic (exact) mass is 428 g/mol. The number of rotatable bonds is 4. The van der Waals surface area contributed by atoms with Crippen molar-refractivity contribution in [3.05, 3.63) is 45.0 Å². The maximum atomic E-state index is 11.7. The fourth-order valence-corrected chi connectivity index (χ4v) is 2.52. The van der Waals surface area contributed by atoms with E-state index in [2.05, 4.69) is 47.7 Å². The average molecular weight is 430 g/mol. The molecule has 2 rings (SSSR count). The normalized spacial score (nSPS) is 10.7. The van der Waals surface area contributed by atoms with Crippen LogP contribution in [0.2, 0.25) is 0 Å². The standard InChI is InChI=1S/C14H14Br2N4O2/c1-20(2)13-12(16)7-11(22-13)8-17-19-14(21)18-10-5-3-9(15)4-6-10/h3-8H,1-2H3,(H2,18,19,21)/b17-8+. The van der Waals surface area contributed by atoms with Crippen molar-refractivity contribution >= 4 is 55.7 Å². The Morgan fingerprint density at radius 1 is 1.27 bits per heavy atom. The lowest BCUT2D eigenvalue weighted by molar-refractivity contribution is 0.252. The molecule has 0 saturated carbocycles. The van der Waals surface area contributed by atoms with Gasteiger partial charge in [0.2, 0.25) is 5.88 Å². The summed E-state index contributed by atoms with van der Waals surface area (Å²) in [6.07, 6.45) is 1.43. The van der Waals surface area contributed by atoms with Crippen LogP contribution in [0, 0.1) is 0 Å². The van der Waals surface area contributed by atoms with Crippen molar-refractivity contribution < 1.29 is 9.21 Å². The van der Waals surface area contributed by atoms with Crippen LogP contribution in [0.3, 0.4) is 0 Å². The summed E-state index contributed by atoms with van der Waals surface area (Å²) in [7, 11) is 3.74. The molecule has 8 heteroatoms. The quantitative estimate of drug-likeness (QED) is 0.569. The van der Waals surface area contributed by atoms with E-state index in [-0.39, 0.29) is 0 Å². The SMILES string of the molecule is CN(C)c1oc(/C=N/NC(=O)Nc2ccc(Br)cc2)cc1Br. The van der Waals surface area contributed by atoms with Crippen LogP contribution >= 0.6 is 31.9 Å². The molecule has 1 aromatic carbocycles. The van der Waals surface area contributed by atoms with Gasteiger partial charge >= 0.3 is 6.03 Å². The van der Waals surface area contributed by atoms with Gasteiger partial charge in [-0.3, -0.25) is 0 Å². The van der Waals surface area contributed by atoms with Crippen LogP contribution in [0.25, 0.3) is 0 Å². The molecule has 0 radical (unpaired) electrons. The number of urea groups is 1. The Hall–Kier alpha value is -1.80. The zero-order valence-electron chi connectivity index (χ0n) is 11.9. The predicted molar refractivity (Wildman–Crippen MR) is 94.6 cm³/mol. The molecule has 0 unspecified atom stereocenters. The van der Waals surface area contributed by atoms with Crippen molar-refractivity contribution in [3.63, 3.8) is 0 Å². The zero-order chi connectivity index (χ0) is 16.1. The Kier molecular flexibility index (Phi) is 5.62. The minimum Gasteiger partial charge on any atom is -0.438 e. The summed E-state index contributed by atoms with van der Waals surface area (Å²) in [5.41, 5.74) is 3.04. The second kappa shape index (κ2) is 7.46. The highest BCUT2D eigenvalue weighted by atomic mass is 79.9. The van der Waals surface area contributed by atoms with E-state index < -0.39 is 6.03 Å². The van der Waals surface area contributed by atoms with Crippen molar-refractivity contribution in [2.24, 2.45) is 5.10 Å². The predicted octanol–water partition coefficient (Wildman–Crippen LogP) is 4.03. The molecule has 0 saturated heterocycles. The lowest BCUT2D eigenvalue weighted by Gasteiger charge is -2.07. The van der Waals surface area contributed by atoms with Gasteiger partial charge in [-0.1, -0.05) is 15.9 Å². The summed E-state index contributed by atoms with van der Waals surface area (Å²) < 4.78 is 7.30. The van der Waals surface area contributed by atoms with E-state index in [0.717, 1.165) is 8.95 Å². The first-order valence-corrected chi connectivity index (χ1v) is 7.86. The van der Waals surface area contributed by atoms with Crippen LogP contribution in [0.15, 0.2) is 48.8 Å². The fraction of sp³-hybridized carbons (Fsp3) is 0.143. The highest BCUT2D eigenvalue weighted by Crippen LogP contribution is 2.27. The molecule has 2 N–H and O–H groups in total. The molecule has 0 aliphatic rings. The largest absolute Gasteiger partial charge is 0.438 e. The number of nitrogens with one attached hydrogen (secondary N) is 2. The Labute approximate surface area is 144 Å². The third kappa shape index (κ3) is 4.60. The second-order valence-electron chi connectivity index (χ2n) is 4.53. The molecule has 116 valence electrons. The molecule has 22 heavy (non-hydrogen) atoms. The van der Waals surface area contributed by atoms with E-state index in [0.29, 0.717) is 17.3 Å². The Morgan fingerprint density at radius 2 is 1.95 bits per heavy atom. The van der Waals surface area contributed by atoms with Crippen molar-refractivity contribution in [2.45, 2.75) is 0 Å². The molecule has 1 aromatic heterocycles. The number of benzene rings is 1. The Balaban J connectivity index is 1.90. The molecule has 2 aromatic rings. The number of hydrogen-bond acceptors (Lipinski definition) is 4. The lowest BCUT2D eigenvalue weighted by atomic mass is 10.3. The molecule has 0 aliphatic heterocycles. The second-order valence-corrected chi connectivity index (χ2v) is 6.30. The Bertz CT molecular complexity index is 681. The molecule has 6 nitrogen and oxygen atoms in total. The van der Waals surface area contributed by atoms with E-state index in [1.54, 1.807) is 18.2 Å². The first-order valence-electron chi connectivity index (χ1n) is 6.28. The molecule has 0 atom stereocenters. The summed E-state index contributed by atoms with van der Waals surface area (Å²) in [4.78, 5) is 13.5. The van der Waals surface area contributed by atoms with Crippen molar-refractivity contribution in [3.8, 4) is 0 Å². The number of carbonyl (C=O) groups is 1. The molecule has 0 spiro atoms. The number of furan rings is 1. The van der Waals surface area contributed by atoms with Crippen molar-refractivity contribution in [1.29, 1.82) is 0 Å². The molecule has 0 fully saturated rings. The van der Waals surface area contributed by atoms with E-state index in [9.17, 15) is 4.79 Å². The first-order chi connectivity index (χ1) is 10.5. The smallest absolute Gasteiger partial charge is 0.339 e. The van der Waals surface area contributed by atoms with Gasteiger partial charge in [0.15, 0.2) is 5.76 Å². The van der Waals surface area contributed by atoms with Gasteiger partial charge in [-0.15, -0.1) is 0 Å². The van der Waals surface area contributed by atoms with Gasteiger partial charge in [-0.2, -0.15) is 5.10 Å². The number of hydrogen-bond donors (Lipinski definition) is 2. The zero-order valence-corrected chi connectivity index (χ0v) is 15.1. The van der Waals surface area contributed by atoms with Gasteiger partial charge in [0.05, 0.1) is 10.7 Å². The minimum absolute atomic E-state index is 0.433. The number of amides is 2. The summed E-state index contributed by atoms with van der Waals surface area (Å²) in [5, 5.41) is 6.50. The summed E-state index contributed by atoms with van der Waals surface area (Å²) in [6.45, 7) is 0. The van der Waals surface area contributed by atoms with Crippen LogP contribution < -0.4 is 15.6 Å². The van der Waals surface area contributed by atoms with Gasteiger partial charge in [0.1, 0.15) is 0 Å². The maximum Gasteiger partial charge on any atom is 0.339 e. The van der Waals surface area contributed by atoms with Crippen molar-refractivity contribution in [2.75, 3.05) is 24.3 Å². The minimum atomic E-state index is -0.433. The summed E-state index contributed by atoms with van der Waals surface area (Å²) in [5.74, 6) is 1.21. The Morgan fingerprint density at radius 3 is 2.55 bits per heavy atom. The lowest BCUT2D eigenvalue weighted by Crippen LogP contribution is -2.24. The van der Waals surface area contributed by atoms with E-state index in [4.69, 9.17) is 4.42 Å². The number of carbonyl (C=O) groups excluding carboxylic acids is 1. The summed E-state index contributed by atoms with van der Waals surface area (Å²) in [6, 6.07) is 8.56. The van der Waals surface area contributed by atoms with Gasteiger partial charge in [0.25, 0.3) is 0 Å². The third-order valence-electron chi connectivity index (χ3n) is 2.55. The van der Waals surface area contributed by atoms with E-state index in [1.807, 2.05) is 31.1 Å². The van der Waals surface area contributed by atoms with Gasteiger partial charge in [0, 0.05) is 30.3 Å².